The second-order valence-corrected chi connectivity index (χ2v) is 7.15. The van der Waals surface area contributed by atoms with Crippen molar-refractivity contribution in [3.05, 3.63) is 101 Å². The van der Waals surface area contributed by atoms with Gasteiger partial charge in [0, 0.05) is 21.7 Å². The van der Waals surface area contributed by atoms with Gasteiger partial charge >= 0.3 is 0 Å². The second kappa shape index (κ2) is 7.02. The van der Waals surface area contributed by atoms with Crippen molar-refractivity contribution in [2.45, 2.75) is 6.61 Å². The molecule has 0 fully saturated rings. The molecule has 1 heterocycles. The number of ether oxygens (including phenoxy) is 1. The zero-order valence-electron chi connectivity index (χ0n) is 15.0. The van der Waals surface area contributed by atoms with Crippen molar-refractivity contribution in [3.63, 3.8) is 0 Å². The van der Waals surface area contributed by atoms with Gasteiger partial charge in [-0.25, -0.2) is 4.99 Å². The summed E-state index contributed by atoms with van der Waals surface area (Å²) in [6.07, 6.45) is 0. The maximum absolute atomic E-state index is 5.96. The van der Waals surface area contributed by atoms with Crippen LogP contribution < -0.4 is 10.1 Å². The van der Waals surface area contributed by atoms with Gasteiger partial charge in [0.25, 0.3) is 0 Å². The first kappa shape index (κ1) is 16.8. The summed E-state index contributed by atoms with van der Waals surface area (Å²) >= 11 is 5.94. The summed E-state index contributed by atoms with van der Waals surface area (Å²) in [6, 6.07) is 28.1. The van der Waals surface area contributed by atoms with Gasteiger partial charge < -0.3 is 10.1 Å². The number of hydrogen-bond donors (Lipinski definition) is 1. The van der Waals surface area contributed by atoms with E-state index in [1.807, 2.05) is 60.7 Å². The number of benzene rings is 4. The van der Waals surface area contributed by atoms with Crippen molar-refractivity contribution in [1.29, 1.82) is 0 Å². The van der Waals surface area contributed by atoms with E-state index in [-0.39, 0.29) is 0 Å². The Hall–Kier alpha value is -3.30. The molecule has 136 valence electrons. The van der Waals surface area contributed by atoms with E-state index in [0.29, 0.717) is 6.61 Å². The van der Waals surface area contributed by atoms with Crippen molar-refractivity contribution < 1.29 is 4.74 Å². The van der Waals surface area contributed by atoms with Crippen molar-refractivity contribution in [1.82, 2.24) is 0 Å². The zero-order valence-corrected chi connectivity index (χ0v) is 15.8. The summed E-state index contributed by atoms with van der Waals surface area (Å²) < 4.78 is 5.96. The van der Waals surface area contributed by atoms with Crippen molar-refractivity contribution in [2.24, 2.45) is 4.99 Å². The Balaban J connectivity index is 1.43. The Morgan fingerprint density at radius 2 is 1.64 bits per heavy atom. The Bertz CT molecular complexity index is 1190. The maximum atomic E-state index is 5.96. The summed E-state index contributed by atoms with van der Waals surface area (Å²) in [5, 5.41) is 6.53. The van der Waals surface area contributed by atoms with Crippen molar-refractivity contribution in [3.8, 4) is 5.75 Å². The molecule has 0 atom stereocenters. The average Bonchev–Trinajstić information content (AvgIpc) is 2.74. The average molecular weight is 385 g/mol. The van der Waals surface area contributed by atoms with Gasteiger partial charge in [0.15, 0.2) is 0 Å². The quantitative estimate of drug-likeness (QED) is 0.431. The highest BCUT2D eigenvalue weighted by molar-refractivity contribution is 6.30. The summed E-state index contributed by atoms with van der Waals surface area (Å²) in [5.41, 5.74) is 4.11. The van der Waals surface area contributed by atoms with Crippen LogP contribution in [0, 0.1) is 0 Å². The molecule has 0 saturated carbocycles. The van der Waals surface area contributed by atoms with Gasteiger partial charge in [0.05, 0.1) is 5.69 Å². The van der Waals surface area contributed by atoms with E-state index in [4.69, 9.17) is 21.3 Å². The van der Waals surface area contributed by atoms with E-state index in [9.17, 15) is 0 Å². The van der Waals surface area contributed by atoms with Crippen LogP contribution in [-0.4, -0.2) is 5.84 Å². The van der Waals surface area contributed by atoms with Gasteiger partial charge in [-0.05, 0) is 47.3 Å². The third-order valence-corrected chi connectivity index (χ3v) is 5.05. The zero-order chi connectivity index (χ0) is 18.9. The van der Waals surface area contributed by atoms with Gasteiger partial charge in [-0.2, -0.15) is 0 Å². The van der Waals surface area contributed by atoms with Gasteiger partial charge in [0.2, 0.25) is 0 Å². The van der Waals surface area contributed by atoms with Crippen LogP contribution in [0.4, 0.5) is 11.4 Å². The molecule has 5 rings (SSSR count). The van der Waals surface area contributed by atoms with Gasteiger partial charge in [-0.15, -0.1) is 0 Å². The third-order valence-electron chi connectivity index (χ3n) is 4.79. The van der Waals surface area contributed by atoms with Gasteiger partial charge in [-0.3, -0.25) is 0 Å². The summed E-state index contributed by atoms with van der Waals surface area (Å²) in [6.45, 7) is 0.489. The smallest absolute Gasteiger partial charge is 0.138 e. The van der Waals surface area contributed by atoms with Crippen LogP contribution in [0.1, 0.15) is 11.1 Å². The first-order valence-corrected chi connectivity index (χ1v) is 9.49. The topological polar surface area (TPSA) is 33.6 Å². The lowest BCUT2D eigenvalue weighted by Crippen LogP contribution is -2.16. The molecule has 4 aromatic carbocycles. The van der Waals surface area contributed by atoms with Crippen LogP contribution in [0.5, 0.6) is 5.75 Å². The molecule has 4 heteroatoms. The fourth-order valence-electron chi connectivity index (χ4n) is 3.41. The van der Waals surface area contributed by atoms with Gasteiger partial charge in [-0.1, -0.05) is 60.1 Å². The van der Waals surface area contributed by atoms with Crippen LogP contribution >= 0.6 is 11.6 Å². The van der Waals surface area contributed by atoms with E-state index in [1.54, 1.807) is 0 Å². The van der Waals surface area contributed by atoms with E-state index in [1.165, 1.54) is 5.39 Å². The van der Waals surface area contributed by atoms with E-state index in [2.05, 4.69) is 29.6 Å². The summed E-state index contributed by atoms with van der Waals surface area (Å²) in [4.78, 5) is 4.84. The van der Waals surface area contributed by atoms with E-state index < -0.39 is 0 Å². The van der Waals surface area contributed by atoms with Crippen LogP contribution in [0.15, 0.2) is 89.9 Å². The van der Waals surface area contributed by atoms with Gasteiger partial charge in [0.1, 0.15) is 18.2 Å². The number of rotatable bonds is 4. The highest BCUT2D eigenvalue weighted by Gasteiger charge is 2.15. The molecule has 0 aliphatic carbocycles. The highest BCUT2D eigenvalue weighted by atomic mass is 35.5. The molecule has 0 aromatic heterocycles. The Morgan fingerprint density at radius 3 is 2.50 bits per heavy atom. The lowest BCUT2D eigenvalue weighted by atomic mass is 10.0. The van der Waals surface area contributed by atoms with Crippen LogP contribution in [0.3, 0.4) is 0 Å². The number of anilines is 1. The van der Waals surface area contributed by atoms with Crippen LogP contribution in [-0.2, 0) is 6.61 Å². The minimum absolute atomic E-state index is 0.489. The minimum Gasteiger partial charge on any atom is -0.489 e. The predicted octanol–water partition coefficient (Wildman–Crippen LogP) is 6.58. The normalized spacial score (nSPS) is 12.4. The predicted molar refractivity (Wildman–Crippen MR) is 116 cm³/mol. The SMILES string of the molecule is Clc1ccc(COc2cccc(C3=Nc4cccc5cccc(c45)N3)c2)cc1. The number of halogens is 1. The molecular weight excluding hydrogens is 368 g/mol. The van der Waals surface area contributed by atoms with Crippen molar-refractivity contribution >= 4 is 39.6 Å². The Labute approximate surface area is 168 Å². The highest BCUT2D eigenvalue weighted by Crippen LogP contribution is 2.36. The largest absolute Gasteiger partial charge is 0.489 e. The summed E-state index contributed by atoms with van der Waals surface area (Å²) in [5.74, 6) is 1.62. The molecule has 0 saturated heterocycles. The lowest BCUT2D eigenvalue weighted by molar-refractivity contribution is 0.306. The van der Waals surface area contributed by atoms with E-state index in [0.717, 1.165) is 44.5 Å². The number of aliphatic imine (C=N–C) groups is 1. The molecule has 0 bridgehead atoms. The van der Waals surface area contributed by atoms with E-state index >= 15 is 0 Å². The third kappa shape index (κ3) is 3.21. The molecule has 4 aromatic rings. The first-order chi connectivity index (χ1) is 13.8. The maximum Gasteiger partial charge on any atom is 0.138 e. The van der Waals surface area contributed by atoms with Crippen molar-refractivity contribution in [2.75, 3.05) is 5.32 Å². The number of nitrogens with one attached hydrogen (secondary N) is 1. The molecular formula is C24H17ClN2O. The molecule has 1 aliphatic heterocycles. The minimum atomic E-state index is 0.489. The fourth-order valence-corrected chi connectivity index (χ4v) is 3.54. The molecule has 28 heavy (non-hydrogen) atoms. The molecule has 0 spiro atoms. The second-order valence-electron chi connectivity index (χ2n) is 6.71. The summed E-state index contributed by atoms with van der Waals surface area (Å²) in [7, 11) is 0. The molecule has 1 aliphatic rings. The molecule has 3 nitrogen and oxygen atoms in total. The first-order valence-electron chi connectivity index (χ1n) is 9.11. The standard InChI is InChI=1S/C24H17ClN2O/c25-19-12-10-16(11-13-19)15-28-20-7-1-6-18(14-20)24-26-21-8-2-4-17-5-3-9-22(27-24)23(17)21/h1-14H,15H2,(H,26,27). The Morgan fingerprint density at radius 1 is 0.857 bits per heavy atom. The number of nitrogens with zero attached hydrogens (tertiary/aromatic N) is 1. The number of amidine groups is 1. The monoisotopic (exact) mass is 384 g/mol. The molecule has 1 N–H and O–H groups in total. The van der Waals surface area contributed by atoms with Crippen LogP contribution in [0.2, 0.25) is 5.02 Å². The Kier molecular flexibility index (Phi) is 4.22. The molecule has 0 radical (unpaired) electrons. The molecule has 0 amide bonds. The molecule has 0 unspecified atom stereocenters. The lowest BCUT2D eigenvalue weighted by Gasteiger charge is -2.19. The van der Waals surface area contributed by atoms with Crippen LogP contribution in [0.25, 0.3) is 10.8 Å². The fraction of sp³-hybridized carbons (Fsp3) is 0.0417. The number of hydrogen-bond acceptors (Lipinski definition) is 3.